The van der Waals surface area contributed by atoms with Gasteiger partial charge in [-0.3, -0.25) is 4.90 Å². The van der Waals surface area contributed by atoms with Crippen molar-refractivity contribution in [2.75, 3.05) is 46.6 Å². The number of rotatable bonds is 8. The Morgan fingerprint density at radius 1 is 1.00 bits per heavy atom. The highest BCUT2D eigenvalue weighted by atomic mass is 16.5. The lowest BCUT2D eigenvalue weighted by Gasteiger charge is -2.26. The minimum absolute atomic E-state index is 0.444. The molecule has 1 aliphatic heterocycles. The van der Waals surface area contributed by atoms with E-state index in [0.717, 1.165) is 57.0 Å². The summed E-state index contributed by atoms with van der Waals surface area (Å²) >= 11 is 0. The van der Waals surface area contributed by atoms with Crippen molar-refractivity contribution < 1.29 is 23.8 Å². The van der Waals surface area contributed by atoms with Crippen LogP contribution in [0.4, 0.5) is 0 Å². The molecule has 0 bridgehead atoms. The van der Waals surface area contributed by atoms with Gasteiger partial charge in [0.25, 0.3) is 0 Å². The summed E-state index contributed by atoms with van der Waals surface area (Å²) in [7, 11) is 1.60. The molecule has 7 nitrogen and oxygen atoms in total. The van der Waals surface area contributed by atoms with E-state index in [2.05, 4.69) is 10.1 Å². The maximum atomic E-state index is 9.42. The van der Waals surface area contributed by atoms with Crippen LogP contribution in [-0.2, 0) is 4.74 Å². The summed E-state index contributed by atoms with van der Waals surface area (Å²) in [4.78, 5) is 2.44. The Bertz CT molecular complexity index is 1060. The third-order valence-corrected chi connectivity index (χ3v) is 5.44. The molecule has 0 unspecified atom stereocenters. The van der Waals surface area contributed by atoms with Gasteiger partial charge in [0.1, 0.15) is 28.2 Å². The maximum Gasteiger partial charge on any atom is 0.140 e. The molecule has 1 aliphatic rings. The zero-order chi connectivity index (χ0) is 21.5. The third kappa shape index (κ3) is 5.37. The molecule has 0 atom stereocenters. The molecule has 0 aliphatic carbocycles. The van der Waals surface area contributed by atoms with E-state index in [4.69, 9.17) is 18.6 Å². The SMILES string of the molecule is COc1ccc2c(=NO)cc(-c3ccc(OCCCCN4CCOCC4)cc3)oc2c1. The predicted octanol–water partition coefficient (Wildman–Crippen LogP) is 3.89. The van der Waals surface area contributed by atoms with E-state index >= 15 is 0 Å². The fourth-order valence-electron chi connectivity index (χ4n) is 3.67. The molecule has 3 aromatic rings. The van der Waals surface area contributed by atoms with E-state index in [0.29, 0.717) is 34.4 Å². The number of ether oxygens (including phenoxy) is 3. The van der Waals surface area contributed by atoms with Crippen LogP contribution in [0.3, 0.4) is 0 Å². The monoisotopic (exact) mass is 424 g/mol. The van der Waals surface area contributed by atoms with Gasteiger partial charge < -0.3 is 23.8 Å². The second kappa shape index (κ2) is 10.3. The number of benzene rings is 2. The zero-order valence-electron chi connectivity index (χ0n) is 17.8. The summed E-state index contributed by atoms with van der Waals surface area (Å²) in [6.07, 6.45) is 2.13. The molecule has 164 valence electrons. The van der Waals surface area contributed by atoms with Crippen molar-refractivity contribution in [3.05, 3.63) is 53.9 Å². The van der Waals surface area contributed by atoms with Crippen LogP contribution in [0.15, 0.2) is 58.1 Å². The molecule has 0 saturated carbocycles. The average molecular weight is 424 g/mol. The number of hydrogen-bond acceptors (Lipinski definition) is 7. The van der Waals surface area contributed by atoms with Crippen LogP contribution in [0.2, 0.25) is 0 Å². The van der Waals surface area contributed by atoms with E-state index in [1.54, 1.807) is 25.3 Å². The van der Waals surface area contributed by atoms with Crippen LogP contribution in [0.1, 0.15) is 12.8 Å². The van der Waals surface area contributed by atoms with Gasteiger partial charge >= 0.3 is 0 Å². The number of hydrogen-bond donors (Lipinski definition) is 1. The Balaban J connectivity index is 1.38. The summed E-state index contributed by atoms with van der Waals surface area (Å²) in [5.74, 6) is 2.10. The number of nitrogens with zero attached hydrogens (tertiary/aromatic N) is 2. The van der Waals surface area contributed by atoms with Crippen LogP contribution >= 0.6 is 0 Å². The molecular formula is C24H28N2O5. The van der Waals surface area contributed by atoms with Crippen molar-refractivity contribution in [3.63, 3.8) is 0 Å². The highest BCUT2D eigenvalue weighted by Gasteiger charge is 2.10. The van der Waals surface area contributed by atoms with Gasteiger partial charge in [0, 0.05) is 36.2 Å². The Hall–Kier alpha value is -3.03. The lowest BCUT2D eigenvalue weighted by atomic mass is 10.1. The fourth-order valence-corrected chi connectivity index (χ4v) is 3.67. The highest BCUT2D eigenvalue weighted by Crippen LogP contribution is 2.26. The van der Waals surface area contributed by atoms with Crippen LogP contribution in [0.25, 0.3) is 22.3 Å². The van der Waals surface area contributed by atoms with Gasteiger partial charge in [0.05, 0.1) is 26.9 Å². The van der Waals surface area contributed by atoms with E-state index in [9.17, 15) is 5.21 Å². The molecule has 1 saturated heterocycles. The van der Waals surface area contributed by atoms with Crippen molar-refractivity contribution in [1.29, 1.82) is 0 Å². The topological polar surface area (TPSA) is 76.7 Å². The Labute approximate surface area is 181 Å². The summed E-state index contributed by atoms with van der Waals surface area (Å²) in [5.41, 5.74) is 1.46. The largest absolute Gasteiger partial charge is 0.497 e. The lowest BCUT2D eigenvalue weighted by Crippen LogP contribution is -2.36. The molecule has 1 aromatic heterocycles. The van der Waals surface area contributed by atoms with Gasteiger partial charge in [-0.2, -0.15) is 0 Å². The third-order valence-electron chi connectivity index (χ3n) is 5.44. The second-order valence-corrected chi connectivity index (χ2v) is 7.49. The first kappa shape index (κ1) is 21.2. The van der Waals surface area contributed by atoms with Crippen molar-refractivity contribution in [3.8, 4) is 22.8 Å². The highest BCUT2D eigenvalue weighted by molar-refractivity contribution is 5.79. The van der Waals surface area contributed by atoms with Crippen LogP contribution in [-0.4, -0.2) is 56.7 Å². The van der Waals surface area contributed by atoms with Gasteiger partial charge in [-0.25, -0.2) is 0 Å². The molecule has 1 fully saturated rings. The van der Waals surface area contributed by atoms with Crippen molar-refractivity contribution in [2.45, 2.75) is 12.8 Å². The first-order valence-electron chi connectivity index (χ1n) is 10.6. The van der Waals surface area contributed by atoms with Crippen LogP contribution in [0, 0.1) is 0 Å². The van der Waals surface area contributed by atoms with Crippen molar-refractivity contribution in [2.24, 2.45) is 5.16 Å². The Morgan fingerprint density at radius 2 is 1.77 bits per heavy atom. The summed E-state index contributed by atoms with van der Waals surface area (Å²) in [5, 5.41) is 14.0. The molecule has 0 amide bonds. The zero-order valence-corrected chi connectivity index (χ0v) is 17.8. The summed E-state index contributed by atoms with van der Waals surface area (Å²) in [6.45, 7) is 5.53. The average Bonchev–Trinajstić information content (AvgIpc) is 2.83. The molecule has 4 rings (SSSR count). The Kier molecular flexibility index (Phi) is 7.07. The van der Waals surface area contributed by atoms with Crippen molar-refractivity contribution >= 4 is 11.0 Å². The van der Waals surface area contributed by atoms with Crippen LogP contribution in [0.5, 0.6) is 11.5 Å². The number of fused-ring (bicyclic) bond motifs is 1. The number of morpholine rings is 1. The standard InChI is InChI=1S/C24H28N2O5/c1-28-20-8-9-21-22(25-27)17-23(31-24(21)16-20)18-4-6-19(7-5-18)30-13-3-2-10-26-11-14-29-15-12-26/h4-9,16-17,27H,2-3,10-15H2,1H3. The molecule has 2 heterocycles. The molecule has 2 aromatic carbocycles. The van der Waals surface area contributed by atoms with Crippen LogP contribution < -0.4 is 14.8 Å². The lowest BCUT2D eigenvalue weighted by molar-refractivity contribution is 0.0368. The smallest absolute Gasteiger partial charge is 0.140 e. The van der Waals surface area contributed by atoms with Crippen molar-refractivity contribution in [1.82, 2.24) is 4.90 Å². The molecular weight excluding hydrogens is 396 g/mol. The summed E-state index contributed by atoms with van der Waals surface area (Å²) < 4.78 is 22.6. The van der Waals surface area contributed by atoms with Gasteiger partial charge in [0.2, 0.25) is 0 Å². The molecule has 31 heavy (non-hydrogen) atoms. The normalized spacial score (nSPS) is 15.3. The summed E-state index contributed by atoms with van der Waals surface area (Å²) in [6, 6.07) is 14.9. The van der Waals surface area contributed by atoms with E-state index < -0.39 is 0 Å². The van der Waals surface area contributed by atoms with E-state index in [1.165, 1.54) is 0 Å². The molecule has 7 heteroatoms. The maximum absolute atomic E-state index is 9.42. The first-order valence-corrected chi connectivity index (χ1v) is 10.6. The van der Waals surface area contributed by atoms with Gasteiger partial charge in [0.15, 0.2) is 0 Å². The number of unbranched alkanes of at least 4 members (excludes halogenated alkanes) is 1. The predicted molar refractivity (Wildman–Crippen MR) is 118 cm³/mol. The van der Waals surface area contributed by atoms with E-state index in [-0.39, 0.29) is 0 Å². The fraction of sp³-hybridized carbons (Fsp3) is 0.375. The van der Waals surface area contributed by atoms with Gasteiger partial charge in [-0.1, -0.05) is 5.16 Å². The first-order chi connectivity index (χ1) is 15.3. The number of methoxy groups -OCH3 is 1. The molecule has 1 N–H and O–H groups in total. The van der Waals surface area contributed by atoms with Gasteiger partial charge in [-0.05, 0) is 55.8 Å². The Morgan fingerprint density at radius 3 is 2.52 bits per heavy atom. The molecule has 0 spiro atoms. The minimum Gasteiger partial charge on any atom is -0.497 e. The molecule has 0 radical (unpaired) electrons. The van der Waals surface area contributed by atoms with E-state index in [1.807, 2.05) is 30.3 Å². The second-order valence-electron chi connectivity index (χ2n) is 7.49. The minimum atomic E-state index is 0.444. The van der Waals surface area contributed by atoms with Gasteiger partial charge in [-0.15, -0.1) is 0 Å². The quantitative estimate of drug-likeness (QED) is 0.336.